The lowest BCUT2D eigenvalue weighted by molar-refractivity contribution is -0.123. The molecule has 1 aliphatic heterocycles. The van der Waals surface area contributed by atoms with Crippen LogP contribution in [0.4, 0.5) is 0 Å². The summed E-state index contributed by atoms with van der Waals surface area (Å²) in [6, 6.07) is 6.61. The molecule has 1 heterocycles. The van der Waals surface area contributed by atoms with Gasteiger partial charge in [0.05, 0.1) is 10.3 Å². The summed E-state index contributed by atoms with van der Waals surface area (Å²) in [5.74, 6) is 0.490. The van der Waals surface area contributed by atoms with Crippen LogP contribution in [0.3, 0.4) is 0 Å². The number of benzene rings is 1. The fourth-order valence-electron chi connectivity index (χ4n) is 2.09. The maximum absolute atomic E-state index is 12.5. The second-order valence-electron chi connectivity index (χ2n) is 4.46. The number of thioether (sulfide) groups is 1. The number of hydrogen-bond acceptors (Lipinski definition) is 4. The van der Waals surface area contributed by atoms with Gasteiger partial charge in [-0.05, 0) is 31.2 Å². The van der Waals surface area contributed by atoms with E-state index in [2.05, 4.69) is 0 Å². The van der Waals surface area contributed by atoms with Crippen LogP contribution >= 0.6 is 11.8 Å². The Morgan fingerprint density at radius 2 is 1.95 bits per heavy atom. The summed E-state index contributed by atoms with van der Waals surface area (Å²) < 4.78 is 26.1. The first-order valence-electron chi connectivity index (χ1n) is 6.22. The molecule has 19 heavy (non-hydrogen) atoms. The highest BCUT2D eigenvalue weighted by Gasteiger charge is 2.40. The van der Waals surface area contributed by atoms with Crippen molar-refractivity contribution in [2.45, 2.75) is 37.0 Å². The van der Waals surface area contributed by atoms with Gasteiger partial charge in [0.2, 0.25) is 5.91 Å². The van der Waals surface area contributed by atoms with Crippen molar-refractivity contribution in [3.63, 3.8) is 0 Å². The molecule has 0 N–H and O–H groups in total. The molecule has 0 spiro atoms. The summed E-state index contributed by atoms with van der Waals surface area (Å²) in [6.45, 7) is 3.86. The van der Waals surface area contributed by atoms with Crippen molar-refractivity contribution < 1.29 is 13.2 Å². The molecule has 1 aliphatic rings. The van der Waals surface area contributed by atoms with Crippen molar-refractivity contribution in [2.75, 3.05) is 5.75 Å². The molecule has 1 unspecified atom stereocenters. The Morgan fingerprint density at radius 1 is 1.32 bits per heavy atom. The number of hydrogen-bond donors (Lipinski definition) is 0. The smallest absolute Gasteiger partial charge is 0.267 e. The average molecular weight is 299 g/mol. The monoisotopic (exact) mass is 299 g/mol. The molecule has 2 rings (SSSR count). The molecule has 6 heteroatoms. The molecule has 1 amide bonds. The first-order valence-corrected chi connectivity index (χ1v) is 8.71. The minimum atomic E-state index is -3.71. The van der Waals surface area contributed by atoms with Crippen LogP contribution in [0.25, 0.3) is 0 Å². The van der Waals surface area contributed by atoms with E-state index in [1.807, 2.05) is 13.8 Å². The summed E-state index contributed by atoms with van der Waals surface area (Å²) in [6.07, 6.45) is 0.908. The molecule has 1 saturated heterocycles. The Morgan fingerprint density at radius 3 is 2.53 bits per heavy atom. The highest BCUT2D eigenvalue weighted by molar-refractivity contribution is 8.00. The van der Waals surface area contributed by atoms with Gasteiger partial charge in [0.1, 0.15) is 0 Å². The lowest BCUT2D eigenvalue weighted by Gasteiger charge is -2.23. The third-order valence-corrected chi connectivity index (χ3v) is 6.19. The molecule has 0 bridgehead atoms. The lowest BCUT2D eigenvalue weighted by Crippen LogP contribution is -2.37. The van der Waals surface area contributed by atoms with Crippen molar-refractivity contribution in [1.82, 2.24) is 4.31 Å². The third-order valence-electron chi connectivity index (χ3n) is 3.05. The first-order chi connectivity index (χ1) is 8.96. The van der Waals surface area contributed by atoms with E-state index in [-0.39, 0.29) is 16.2 Å². The number of aryl methyl sites for hydroxylation is 1. The number of rotatable bonds is 4. The van der Waals surface area contributed by atoms with Gasteiger partial charge in [0, 0.05) is 6.42 Å². The molecule has 0 aromatic heterocycles. The van der Waals surface area contributed by atoms with Gasteiger partial charge in [-0.3, -0.25) is 4.79 Å². The van der Waals surface area contributed by atoms with E-state index in [1.54, 1.807) is 24.3 Å². The number of sulfonamides is 1. The first kappa shape index (κ1) is 14.4. The summed E-state index contributed by atoms with van der Waals surface area (Å²) in [5, 5.41) is -0.260. The van der Waals surface area contributed by atoms with Crippen molar-refractivity contribution in [2.24, 2.45) is 0 Å². The fourth-order valence-corrected chi connectivity index (χ4v) is 5.02. The van der Waals surface area contributed by atoms with E-state index in [4.69, 9.17) is 0 Å². The standard InChI is InChI=1S/C13H17NO3S2/c1-3-18-13-9-8-12(15)14(13)19(16,17)11-6-4-10(2)5-7-11/h4-7,13H,3,8-9H2,1-2H3. The van der Waals surface area contributed by atoms with Crippen LogP contribution in [0.5, 0.6) is 0 Å². The third kappa shape index (κ3) is 2.79. The molecular formula is C13H17NO3S2. The Labute approximate surface area is 118 Å². The zero-order valence-corrected chi connectivity index (χ0v) is 12.6. The van der Waals surface area contributed by atoms with E-state index in [1.165, 1.54) is 11.8 Å². The number of carbonyl (C=O) groups excluding carboxylic acids is 1. The van der Waals surface area contributed by atoms with Gasteiger partial charge < -0.3 is 0 Å². The van der Waals surface area contributed by atoms with Crippen LogP contribution < -0.4 is 0 Å². The van der Waals surface area contributed by atoms with Gasteiger partial charge in [0.25, 0.3) is 10.0 Å². The zero-order valence-electron chi connectivity index (χ0n) is 11.0. The molecule has 1 fully saturated rings. The van der Waals surface area contributed by atoms with Crippen LogP contribution in [0, 0.1) is 6.92 Å². The maximum Gasteiger partial charge on any atom is 0.267 e. The Kier molecular flexibility index (Phi) is 4.20. The number of amides is 1. The summed E-state index contributed by atoms with van der Waals surface area (Å²) in [5.41, 5.74) is 0.992. The molecule has 1 atom stereocenters. The molecule has 4 nitrogen and oxygen atoms in total. The van der Waals surface area contributed by atoms with Gasteiger partial charge in [-0.2, -0.15) is 0 Å². The molecule has 1 aromatic carbocycles. The SMILES string of the molecule is CCSC1CCC(=O)N1S(=O)(=O)c1ccc(C)cc1. The Bertz CT molecular complexity index is 566. The molecule has 1 aromatic rings. The van der Waals surface area contributed by atoms with Gasteiger partial charge in [0.15, 0.2) is 0 Å². The minimum Gasteiger partial charge on any atom is -0.274 e. The van der Waals surface area contributed by atoms with Crippen LogP contribution in [-0.4, -0.2) is 29.8 Å². The lowest BCUT2D eigenvalue weighted by atomic mass is 10.2. The fraction of sp³-hybridized carbons (Fsp3) is 0.462. The average Bonchev–Trinajstić information content (AvgIpc) is 2.72. The van der Waals surface area contributed by atoms with Crippen molar-refractivity contribution in [3.05, 3.63) is 29.8 Å². The Hall–Kier alpha value is -1.01. The molecule has 0 radical (unpaired) electrons. The van der Waals surface area contributed by atoms with E-state index >= 15 is 0 Å². The molecule has 0 aliphatic carbocycles. The predicted octanol–water partition coefficient (Wildman–Crippen LogP) is 2.39. The maximum atomic E-state index is 12.5. The molecular weight excluding hydrogens is 282 g/mol. The van der Waals surface area contributed by atoms with Crippen molar-refractivity contribution in [3.8, 4) is 0 Å². The Balaban J connectivity index is 2.37. The van der Waals surface area contributed by atoms with Gasteiger partial charge in [-0.1, -0.05) is 24.6 Å². The summed E-state index contributed by atoms with van der Waals surface area (Å²) >= 11 is 1.50. The van der Waals surface area contributed by atoms with Crippen molar-refractivity contribution in [1.29, 1.82) is 0 Å². The van der Waals surface area contributed by atoms with Crippen LogP contribution in [0.15, 0.2) is 29.2 Å². The highest BCUT2D eigenvalue weighted by atomic mass is 32.2. The van der Waals surface area contributed by atoms with E-state index in [0.29, 0.717) is 12.8 Å². The normalized spacial score (nSPS) is 20.0. The van der Waals surface area contributed by atoms with Gasteiger partial charge in [-0.15, -0.1) is 11.8 Å². The molecule has 0 saturated carbocycles. The van der Waals surface area contributed by atoms with Gasteiger partial charge in [-0.25, -0.2) is 12.7 Å². The number of nitrogens with zero attached hydrogens (tertiary/aromatic N) is 1. The van der Waals surface area contributed by atoms with Gasteiger partial charge >= 0.3 is 0 Å². The topological polar surface area (TPSA) is 54.5 Å². The summed E-state index contributed by atoms with van der Waals surface area (Å²) in [4.78, 5) is 12.1. The van der Waals surface area contributed by atoms with Crippen LogP contribution in [-0.2, 0) is 14.8 Å². The zero-order chi connectivity index (χ0) is 14.0. The second-order valence-corrected chi connectivity index (χ2v) is 7.73. The number of carbonyl (C=O) groups is 1. The van der Waals surface area contributed by atoms with Crippen LogP contribution in [0.1, 0.15) is 25.3 Å². The van der Waals surface area contributed by atoms with E-state index in [0.717, 1.165) is 15.6 Å². The quantitative estimate of drug-likeness (QED) is 0.856. The van der Waals surface area contributed by atoms with Crippen LogP contribution in [0.2, 0.25) is 0 Å². The van der Waals surface area contributed by atoms with E-state index < -0.39 is 10.0 Å². The second kappa shape index (κ2) is 5.54. The minimum absolute atomic E-state index is 0.190. The largest absolute Gasteiger partial charge is 0.274 e. The summed E-state index contributed by atoms with van der Waals surface area (Å²) in [7, 11) is -3.71. The predicted molar refractivity (Wildman–Crippen MR) is 76.4 cm³/mol. The molecule has 104 valence electrons. The van der Waals surface area contributed by atoms with E-state index in [9.17, 15) is 13.2 Å². The van der Waals surface area contributed by atoms with Crippen molar-refractivity contribution >= 4 is 27.7 Å². The highest BCUT2D eigenvalue weighted by Crippen LogP contribution is 2.33.